The van der Waals surface area contributed by atoms with Crippen molar-refractivity contribution < 1.29 is 4.74 Å². The molecule has 0 radical (unpaired) electrons. The predicted molar refractivity (Wildman–Crippen MR) is 107 cm³/mol. The third-order valence-electron chi connectivity index (χ3n) is 4.23. The normalized spacial score (nSPS) is 16.1. The minimum Gasteiger partial charge on any atom is -0.496 e. The van der Waals surface area contributed by atoms with Crippen LogP contribution in [0.15, 0.2) is 22.7 Å². The van der Waals surface area contributed by atoms with Crippen LogP contribution in [0.1, 0.15) is 44.2 Å². The molecule has 3 nitrogen and oxygen atoms in total. The summed E-state index contributed by atoms with van der Waals surface area (Å²) in [5.74, 6) is 0.909. The van der Waals surface area contributed by atoms with Gasteiger partial charge in [0.2, 0.25) is 0 Å². The number of nitrogens with zero attached hydrogens (tertiary/aromatic N) is 1. The van der Waals surface area contributed by atoms with E-state index in [4.69, 9.17) is 4.74 Å². The van der Waals surface area contributed by atoms with Crippen molar-refractivity contribution in [1.29, 1.82) is 0 Å². The molecule has 6 heteroatoms. The van der Waals surface area contributed by atoms with Crippen molar-refractivity contribution in [3.63, 3.8) is 0 Å². The number of nitrogens with one attached hydrogen (secondary N) is 1. The van der Waals surface area contributed by atoms with Crippen molar-refractivity contribution in [3.05, 3.63) is 28.2 Å². The number of ether oxygens (including phenoxy) is 1. The highest BCUT2D eigenvalue weighted by atomic mass is 79.9. The SMILES string of the molecule is CCCCC[C@H](c1ccc(OC)c(Br)c1)N1CCNCC1.Cl.Cl. The zero-order chi connectivity index (χ0) is 15.1. The van der Waals surface area contributed by atoms with E-state index in [-0.39, 0.29) is 24.8 Å². The molecule has 1 aromatic carbocycles. The minimum atomic E-state index is 0. The van der Waals surface area contributed by atoms with Crippen molar-refractivity contribution in [3.8, 4) is 5.75 Å². The highest BCUT2D eigenvalue weighted by molar-refractivity contribution is 9.10. The Morgan fingerprint density at radius 1 is 1.22 bits per heavy atom. The molecule has 23 heavy (non-hydrogen) atoms. The second kappa shape index (κ2) is 12.4. The minimum absolute atomic E-state index is 0. The number of benzene rings is 1. The van der Waals surface area contributed by atoms with Gasteiger partial charge in [-0.15, -0.1) is 24.8 Å². The van der Waals surface area contributed by atoms with E-state index in [1.165, 1.54) is 31.2 Å². The molecule has 1 aliphatic rings. The summed E-state index contributed by atoms with van der Waals surface area (Å²) in [4.78, 5) is 2.63. The van der Waals surface area contributed by atoms with Gasteiger partial charge in [-0.2, -0.15) is 0 Å². The second-order valence-corrected chi connectivity index (χ2v) is 6.55. The lowest BCUT2D eigenvalue weighted by Gasteiger charge is -2.35. The maximum absolute atomic E-state index is 5.35. The first-order chi connectivity index (χ1) is 10.3. The topological polar surface area (TPSA) is 24.5 Å². The van der Waals surface area contributed by atoms with Crippen LogP contribution in [-0.2, 0) is 0 Å². The molecule has 0 unspecified atom stereocenters. The van der Waals surface area contributed by atoms with E-state index in [0.29, 0.717) is 6.04 Å². The maximum atomic E-state index is 5.35. The Bertz CT molecular complexity index is 443. The molecule has 1 N–H and O–H groups in total. The summed E-state index contributed by atoms with van der Waals surface area (Å²) >= 11 is 3.63. The van der Waals surface area contributed by atoms with Gasteiger partial charge in [0.25, 0.3) is 0 Å². The number of unbranched alkanes of at least 4 members (excludes halogenated alkanes) is 2. The van der Waals surface area contributed by atoms with Gasteiger partial charge in [0.1, 0.15) is 5.75 Å². The van der Waals surface area contributed by atoms with Gasteiger partial charge in [-0.1, -0.05) is 32.3 Å². The van der Waals surface area contributed by atoms with E-state index in [1.54, 1.807) is 7.11 Å². The average Bonchev–Trinajstić information content (AvgIpc) is 2.52. The molecule has 0 aromatic heterocycles. The molecule has 0 amide bonds. The summed E-state index contributed by atoms with van der Waals surface area (Å²) in [5.41, 5.74) is 1.40. The Morgan fingerprint density at radius 3 is 2.48 bits per heavy atom. The zero-order valence-corrected chi connectivity index (χ0v) is 17.2. The number of halogens is 3. The van der Waals surface area contributed by atoms with Gasteiger partial charge in [0, 0.05) is 32.2 Å². The highest BCUT2D eigenvalue weighted by Crippen LogP contribution is 2.33. The number of rotatable bonds is 7. The lowest BCUT2D eigenvalue weighted by Crippen LogP contribution is -2.45. The van der Waals surface area contributed by atoms with Crippen molar-refractivity contribution in [2.45, 2.75) is 38.6 Å². The molecule has 1 atom stereocenters. The second-order valence-electron chi connectivity index (χ2n) is 5.69. The smallest absolute Gasteiger partial charge is 0.133 e. The zero-order valence-electron chi connectivity index (χ0n) is 14.0. The number of methoxy groups -OCH3 is 1. The molecule has 1 aliphatic heterocycles. The molecule has 0 saturated carbocycles. The van der Waals surface area contributed by atoms with E-state index in [2.05, 4.69) is 51.3 Å². The Hall–Kier alpha value is -0.000000000000000111. The van der Waals surface area contributed by atoms with Gasteiger partial charge in [0.15, 0.2) is 0 Å². The van der Waals surface area contributed by atoms with Gasteiger partial charge in [0.05, 0.1) is 11.6 Å². The summed E-state index contributed by atoms with van der Waals surface area (Å²) in [6, 6.07) is 7.06. The van der Waals surface area contributed by atoms with Crippen molar-refractivity contribution in [2.24, 2.45) is 0 Å². The van der Waals surface area contributed by atoms with Crippen molar-refractivity contribution >= 4 is 40.7 Å². The quantitative estimate of drug-likeness (QED) is 0.630. The molecule has 1 aromatic rings. The predicted octanol–water partition coefficient (Wildman–Crippen LogP) is 4.83. The number of hydrogen-bond donors (Lipinski definition) is 1. The maximum Gasteiger partial charge on any atom is 0.133 e. The van der Waals surface area contributed by atoms with Gasteiger partial charge >= 0.3 is 0 Å². The van der Waals surface area contributed by atoms with Gasteiger partial charge in [-0.3, -0.25) is 4.90 Å². The van der Waals surface area contributed by atoms with Crippen LogP contribution in [0.2, 0.25) is 0 Å². The fraction of sp³-hybridized carbons (Fsp3) is 0.647. The van der Waals surface area contributed by atoms with Crippen LogP contribution >= 0.6 is 40.7 Å². The molecule has 0 bridgehead atoms. The first-order valence-electron chi connectivity index (χ1n) is 8.04. The molecule has 134 valence electrons. The van der Waals surface area contributed by atoms with E-state index in [1.807, 2.05) is 0 Å². The number of piperazine rings is 1. The van der Waals surface area contributed by atoms with Gasteiger partial charge in [-0.05, 0) is 40.0 Å². The molecular weight excluding hydrogens is 399 g/mol. The number of hydrogen-bond acceptors (Lipinski definition) is 3. The summed E-state index contributed by atoms with van der Waals surface area (Å²) in [7, 11) is 1.72. The van der Waals surface area contributed by atoms with E-state index in [0.717, 1.165) is 36.4 Å². The van der Waals surface area contributed by atoms with E-state index in [9.17, 15) is 0 Å². The largest absolute Gasteiger partial charge is 0.496 e. The highest BCUT2D eigenvalue weighted by Gasteiger charge is 2.22. The molecule has 1 heterocycles. The van der Waals surface area contributed by atoms with Crippen LogP contribution < -0.4 is 10.1 Å². The first kappa shape index (κ1) is 23.0. The Balaban J connectivity index is 0.00000242. The summed E-state index contributed by atoms with van der Waals surface area (Å²) in [6.07, 6.45) is 5.14. The van der Waals surface area contributed by atoms with Gasteiger partial charge < -0.3 is 10.1 Å². The van der Waals surface area contributed by atoms with Crippen molar-refractivity contribution in [2.75, 3.05) is 33.3 Å². The van der Waals surface area contributed by atoms with Crippen LogP contribution in [-0.4, -0.2) is 38.2 Å². The fourth-order valence-electron chi connectivity index (χ4n) is 3.03. The standard InChI is InChI=1S/C17H27BrN2O.2ClH/c1-3-4-5-6-16(20-11-9-19-10-12-20)14-7-8-17(21-2)15(18)13-14;;/h7-8,13,16,19H,3-6,9-12H2,1-2H3;2*1H/t16-;;/m1../s1. The van der Waals surface area contributed by atoms with Crippen LogP contribution in [0.25, 0.3) is 0 Å². The Morgan fingerprint density at radius 2 is 1.91 bits per heavy atom. The lowest BCUT2D eigenvalue weighted by molar-refractivity contribution is 0.162. The fourth-order valence-corrected chi connectivity index (χ4v) is 3.59. The average molecular weight is 428 g/mol. The third-order valence-corrected chi connectivity index (χ3v) is 4.85. The summed E-state index contributed by atoms with van der Waals surface area (Å²) in [6.45, 7) is 6.74. The monoisotopic (exact) mass is 426 g/mol. The molecule has 0 aliphatic carbocycles. The molecule has 2 rings (SSSR count). The molecule has 1 fully saturated rings. The Labute approximate surface area is 161 Å². The van der Waals surface area contributed by atoms with Gasteiger partial charge in [-0.25, -0.2) is 0 Å². The summed E-state index contributed by atoms with van der Waals surface area (Å²) < 4.78 is 6.41. The van der Waals surface area contributed by atoms with Crippen molar-refractivity contribution in [1.82, 2.24) is 10.2 Å². The molecule has 0 spiro atoms. The van der Waals surface area contributed by atoms with E-state index < -0.39 is 0 Å². The van der Waals surface area contributed by atoms with Crippen LogP contribution in [0, 0.1) is 0 Å². The van der Waals surface area contributed by atoms with E-state index >= 15 is 0 Å². The van der Waals surface area contributed by atoms with Crippen LogP contribution in [0.5, 0.6) is 5.75 Å². The summed E-state index contributed by atoms with van der Waals surface area (Å²) in [5, 5.41) is 3.45. The van der Waals surface area contributed by atoms with Crippen LogP contribution in [0.3, 0.4) is 0 Å². The lowest BCUT2D eigenvalue weighted by atomic mass is 9.98. The van der Waals surface area contributed by atoms with Crippen LogP contribution in [0.4, 0.5) is 0 Å². The molecule has 1 saturated heterocycles. The third kappa shape index (κ3) is 6.79. The Kier molecular flexibility index (Phi) is 12.4. The molecular formula is C17H29BrCl2N2O. The first-order valence-corrected chi connectivity index (χ1v) is 8.83.